The average Bonchev–Trinajstić information content (AvgIpc) is 2.85. The number of carbonyl (C=O) groups excluding carboxylic acids is 1. The fraction of sp³-hybridized carbons (Fsp3) is 0.192. The number of nitrogens with one attached hydrogen (secondary N) is 1. The number of rotatable bonds is 8. The number of aromatic nitrogens is 2. The summed E-state index contributed by atoms with van der Waals surface area (Å²) >= 11 is 0. The van der Waals surface area contributed by atoms with Gasteiger partial charge in [-0.3, -0.25) is 14.0 Å². The highest BCUT2D eigenvalue weighted by Crippen LogP contribution is 2.33. The van der Waals surface area contributed by atoms with Crippen molar-refractivity contribution >= 4 is 11.6 Å². The van der Waals surface area contributed by atoms with E-state index in [1.54, 1.807) is 18.2 Å². The van der Waals surface area contributed by atoms with Gasteiger partial charge in [-0.15, -0.1) is 13.2 Å². The number of ether oxygens (including phenoxy) is 1. The molecule has 4 N–H and O–H groups in total. The lowest BCUT2D eigenvalue weighted by molar-refractivity contribution is -0.274. The average molecular weight is 529 g/mol. The molecule has 1 amide bonds. The molecule has 0 fully saturated rings. The summed E-state index contributed by atoms with van der Waals surface area (Å²) in [7, 11) is 0. The standard InChI is InChI=1S/C26H22F3N3O6/c27-26(28,29)38-17-7-5-16(6-8-17)18(23-24(36)31-21-3-1-2-12-32(21)25(23)37)14-22(35)30-11-10-15-4-9-19(33)20(34)13-15/h1-9,12-13,18,33-34,36H,10-11,14H2,(H,30,35). The van der Waals surface area contributed by atoms with Crippen LogP contribution in [-0.4, -0.2) is 43.5 Å². The van der Waals surface area contributed by atoms with E-state index in [4.69, 9.17) is 0 Å². The number of nitrogens with zero attached hydrogens (tertiary/aromatic N) is 2. The van der Waals surface area contributed by atoms with Gasteiger partial charge in [-0.1, -0.05) is 24.3 Å². The molecule has 0 radical (unpaired) electrons. The molecule has 38 heavy (non-hydrogen) atoms. The van der Waals surface area contributed by atoms with Crippen molar-refractivity contribution < 1.29 is 38.0 Å². The molecule has 2 heterocycles. The van der Waals surface area contributed by atoms with E-state index in [1.165, 1.54) is 40.9 Å². The third kappa shape index (κ3) is 6.14. The number of hydrogen-bond acceptors (Lipinski definition) is 7. The smallest absolute Gasteiger partial charge is 0.504 e. The second kappa shape index (κ2) is 10.7. The number of benzene rings is 2. The van der Waals surface area contributed by atoms with Crippen LogP contribution in [0.15, 0.2) is 71.7 Å². The van der Waals surface area contributed by atoms with Crippen LogP contribution in [0.5, 0.6) is 23.1 Å². The Balaban J connectivity index is 1.61. The summed E-state index contributed by atoms with van der Waals surface area (Å²) in [6.45, 7) is 0.148. The topological polar surface area (TPSA) is 133 Å². The zero-order chi connectivity index (χ0) is 27.4. The van der Waals surface area contributed by atoms with Crippen LogP contribution in [0.25, 0.3) is 5.65 Å². The molecule has 9 nitrogen and oxygen atoms in total. The maximum Gasteiger partial charge on any atom is 0.573 e. The van der Waals surface area contributed by atoms with Crippen molar-refractivity contribution in [3.8, 4) is 23.1 Å². The molecule has 1 atom stereocenters. The van der Waals surface area contributed by atoms with Gasteiger partial charge in [0.05, 0.1) is 5.56 Å². The molecule has 0 bridgehead atoms. The lowest BCUT2D eigenvalue weighted by atomic mass is 9.89. The Morgan fingerprint density at radius 2 is 1.76 bits per heavy atom. The van der Waals surface area contributed by atoms with Crippen LogP contribution >= 0.6 is 0 Å². The summed E-state index contributed by atoms with van der Waals surface area (Å²) in [6, 6.07) is 13.6. The predicted octanol–water partition coefficient (Wildman–Crippen LogP) is 3.59. The van der Waals surface area contributed by atoms with Crippen LogP contribution in [0.1, 0.15) is 29.0 Å². The van der Waals surface area contributed by atoms with Gasteiger partial charge in [-0.2, -0.15) is 4.98 Å². The van der Waals surface area contributed by atoms with Gasteiger partial charge in [0.15, 0.2) is 11.5 Å². The monoisotopic (exact) mass is 529 g/mol. The first-order valence-electron chi connectivity index (χ1n) is 11.4. The van der Waals surface area contributed by atoms with Crippen molar-refractivity contribution in [1.82, 2.24) is 14.7 Å². The SMILES string of the molecule is O=C(CC(c1ccc(OC(F)(F)F)cc1)c1c(O)nc2ccccn2c1=O)NCCc1ccc(O)c(O)c1. The molecule has 4 rings (SSSR count). The third-order valence-electron chi connectivity index (χ3n) is 5.78. The molecule has 198 valence electrons. The van der Waals surface area contributed by atoms with E-state index in [-0.39, 0.29) is 41.2 Å². The fourth-order valence-corrected chi connectivity index (χ4v) is 4.01. The molecule has 4 aromatic rings. The van der Waals surface area contributed by atoms with Crippen molar-refractivity contribution in [3.63, 3.8) is 0 Å². The number of halogens is 3. The Hall–Kier alpha value is -4.74. The van der Waals surface area contributed by atoms with Crippen LogP contribution in [0.4, 0.5) is 13.2 Å². The molecule has 2 aromatic heterocycles. The molecule has 1 unspecified atom stereocenters. The maximum absolute atomic E-state index is 13.3. The third-order valence-corrected chi connectivity index (χ3v) is 5.78. The van der Waals surface area contributed by atoms with Gasteiger partial charge in [0.25, 0.3) is 5.56 Å². The van der Waals surface area contributed by atoms with E-state index in [0.717, 1.165) is 12.1 Å². The lowest BCUT2D eigenvalue weighted by Gasteiger charge is -2.19. The van der Waals surface area contributed by atoms with E-state index in [2.05, 4.69) is 15.0 Å². The summed E-state index contributed by atoms with van der Waals surface area (Å²) in [5.74, 6) is -3.22. The Kier molecular flexibility index (Phi) is 7.42. The second-order valence-corrected chi connectivity index (χ2v) is 8.38. The van der Waals surface area contributed by atoms with Crippen molar-refractivity contribution in [2.24, 2.45) is 0 Å². The van der Waals surface area contributed by atoms with Crippen molar-refractivity contribution in [3.05, 3.63) is 93.9 Å². The minimum absolute atomic E-state index is 0.148. The van der Waals surface area contributed by atoms with Crippen LogP contribution < -0.4 is 15.6 Å². The minimum Gasteiger partial charge on any atom is -0.504 e. The largest absolute Gasteiger partial charge is 0.573 e. The van der Waals surface area contributed by atoms with Gasteiger partial charge >= 0.3 is 6.36 Å². The van der Waals surface area contributed by atoms with E-state index in [1.807, 2.05) is 0 Å². The number of aromatic hydroxyl groups is 3. The minimum atomic E-state index is -4.89. The van der Waals surface area contributed by atoms with Gasteiger partial charge in [-0.05, 0) is 53.9 Å². The number of carbonyl (C=O) groups is 1. The molecule has 0 spiro atoms. The van der Waals surface area contributed by atoms with E-state index in [0.29, 0.717) is 12.0 Å². The Morgan fingerprint density at radius 3 is 2.45 bits per heavy atom. The van der Waals surface area contributed by atoms with Gasteiger partial charge in [0, 0.05) is 25.1 Å². The first kappa shape index (κ1) is 26.3. The quantitative estimate of drug-likeness (QED) is 0.256. The van der Waals surface area contributed by atoms with Crippen molar-refractivity contribution in [2.45, 2.75) is 25.1 Å². The fourth-order valence-electron chi connectivity index (χ4n) is 4.01. The normalized spacial score (nSPS) is 12.3. The van der Waals surface area contributed by atoms with Crippen LogP contribution in [0, 0.1) is 0 Å². The molecule has 0 aliphatic heterocycles. The van der Waals surface area contributed by atoms with Crippen molar-refractivity contribution in [2.75, 3.05) is 6.54 Å². The number of fused-ring (bicyclic) bond motifs is 1. The van der Waals surface area contributed by atoms with E-state index < -0.39 is 35.4 Å². The lowest BCUT2D eigenvalue weighted by Crippen LogP contribution is -2.30. The van der Waals surface area contributed by atoms with Crippen LogP contribution in [0.3, 0.4) is 0 Å². The first-order chi connectivity index (χ1) is 18.0. The molecule has 12 heteroatoms. The molecular weight excluding hydrogens is 507 g/mol. The highest BCUT2D eigenvalue weighted by Gasteiger charge is 2.31. The highest BCUT2D eigenvalue weighted by atomic mass is 19.4. The zero-order valence-electron chi connectivity index (χ0n) is 19.6. The maximum atomic E-state index is 13.3. The highest BCUT2D eigenvalue weighted by molar-refractivity contribution is 5.77. The van der Waals surface area contributed by atoms with Gasteiger partial charge in [0.1, 0.15) is 11.4 Å². The summed E-state index contributed by atoms with van der Waals surface area (Å²) in [6.07, 6.45) is -3.46. The van der Waals surface area contributed by atoms with Crippen LogP contribution in [-0.2, 0) is 11.2 Å². The van der Waals surface area contributed by atoms with Crippen molar-refractivity contribution in [1.29, 1.82) is 0 Å². The number of phenolic OH excluding ortho intramolecular Hbond substituents is 2. The summed E-state index contributed by atoms with van der Waals surface area (Å²) in [5.41, 5.74) is 0.265. The number of phenols is 2. The molecule has 2 aromatic carbocycles. The van der Waals surface area contributed by atoms with Gasteiger partial charge in [-0.25, -0.2) is 0 Å². The summed E-state index contributed by atoms with van der Waals surface area (Å²) in [5, 5.41) is 32.4. The molecule has 0 saturated heterocycles. The van der Waals surface area contributed by atoms with E-state index >= 15 is 0 Å². The second-order valence-electron chi connectivity index (χ2n) is 8.38. The molecule has 0 aliphatic rings. The van der Waals surface area contributed by atoms with Crippen LogP contribution in [0.2, 0.25) is 0 Å². The predicted molar refractivity (Wildman–Crippen MR) is 129 cm³/mol. The zero-order valence-corrected chi connectivity index (χ0v) is 19.6. The number of pyridine rings is 1. The summed E-state index contributed by atoms with van der Waals surface area (Å²) < 4.78 is 42.9. The van der Waals surface area contributed by atoms with Gasteiger partial charge in [0.2, 0.25) is 11.8 Å². The Bertz CT molecular complexity index is 1520. The Morgan fingerprint density at radius 1 is 1.03 bits per heavy atom. The number of hydrogen-bond donors (Lipinski definition) is 4. The molecular formula is C26H22F3N3O6. The first-order valence-corrected chi connectivity index (χ1v) is 11.4. The molecule has 0 aliphatic carbocycles. The Labute approximate surface area is 213 Å². The summed E-state index contributed by atoms with van der Waals surface area (Å²) in [4.78, 5) is 30.2. The number of alkyl halides is 3. The van der Waals surface area contributed by atoms with E-state index in [9.17, 15) is 38.1 Å². The van der Waals surface area contributed by atoms with Gasteiger partial charge < -0.3 is 25.4 Å². The molecule has 0 saturated carbocycles. The number of amides is 1.